The fraction of sp³-hybridized carbons (Fsp3) is 0.296. The molecule has 32 heavy (non-hydrogen) atoms. The first-order chi connectivity index (χ1) is 15.7. The fourth-order valence-electron chi connectivity index (χ4n) is 4.14. The Labute approximate surface area is 190 Å². The van der Waals surface area contributed by atoms with Gasteiger partial charge in [-0.15, -0.1) is 0 Å². The molecule has 5 nitrogen and oxygen atoms in total. The van der Waals surface area contributed by atoms with Crippen LogP contribution in [0.2, 0.25) is 0 Å². The zero-order valence-corrected chi connectivity index (χ0v) is 18.7. The van der Waals surface area contributed by atoms with E-state index in [1.54, 1.807) is 0 Å². The Morgan fingerprint density at radius 2 is 1.56 bits per heavy atom. The summed E-state index contributed by atoms with van der Waals surface area (Å²) in [6, 6.07) is 26.4. The number of carbonyl (C=O) groups excluding carboxylic acids is 1. The first-order valence-corrected chi connectivity index (χ1v) is 11.4. The van der Waals surface area contributed by atoms with E-state index >= 15 is 0 Å². The standard InChI is InChI=1S/C27H31N3O2/c1-2-32-26-15-9-8-14-25(26)30-20-18-29(19-21-30)17-16-27(31)28-24-13-7-6-12-23(24)22-10-4-3-5-11-22/h3-15H,2,16-21H2,1H3,(H,28,31). The van der Waals surface area contributed by atoms with Gasteiger partial charge in [0.15, 0.2) is 0 Å². The van der Waals surface area contributed by atoms with Crippen LogP contribution in [0.15, 0.2) is 78.9 Å². The normalized spacial score (nSPS) is 14.2. The lowest BCUT2D eigenvalue weighted by Gasteiger charge is -2.36. The van der Waals surface area contributed by atoms with E-state index in [2.05, 4.69) is 39.4 Å². The van der Waals surface area contributed by atoms with Gasteiger partial charge >= 0.3 is 0 Å². The van der Waals surface area contributed by atoms with Crippen molar-refractivity contribution in [2.45, 2.75) is 13.3 Å². The maximum Gasteiger partial charge on any atom is 0.225 e. The second-order valence-corrected chi connectivity index (χ2v) is 7.94. The molecule has 0 aliphatic carbocycles. The van der Waals surface area contributed by atoms with Gasteiger partial charge in [-0.25, -0.2) is 0 Å². The van der Waals surface area contributed by atoms with Crippen LogP contribution in [-0.4, -0.2) is 50.1 Å². The predicted octanol–water partition coefficient (Wildman–Crippen LogP) is 4.90. The van der Waals surface area contributed by atoms with Gasteiger partial charge in [-0.05, 0) is 30.7 Å². The minimum absolute atomic E-state index is 0.0532. The molecule has 3 aromatic rings. The number of carbonyl (C=O) groups is 1. The number of benzene rings is 3. The topological polar surface area (TPSA) is 44.8 Å². The molecule has 0 spiro atoms. The van der Waals surface area contributed by atoms with Crippen molar-refractivity contribution in [2.75, 3.05) is 49.5 Å². The van der Waals surface area contributed by atoms with Crippen LogP contribution in [0.25, 0.3) is 11.1 Å². The van der Waals surface area contributed by atoms with Crippen molar-refractivity contribution in [1.29, 1.82) is 0 Å². The minimum atomic E-state index is 0.0532. The molecule has 0 radical (unpaired) electrons. The Hall–Kier alpha value is -3.31. The molecule has 0 unspecified atom stereocenters. The van der Waals surface area contributed by atoms with Gasteiger partial charge in [0.25, 0.3) is 0 Å². The smallest absolute Gasteiger partial charge is 0.225 e. The summed E-state index contributed by atoms with van der Waals surface area (Å²) in [6.07, 6.45) is 0.485. The molecule has 1 saturated heterocycles. The Balaban J connectivity index is 1.29. The van der Waals surface area contributed by atoms with Crippen LogP contribution < -0.4 is 15.0 Å². The molecule has 0 atom stereocenters. The van der Waals surface area contributed by atoms with E-state index < -0.39 is 0 Å². The van der Waals surface area contributed by atoms with Crippen molar-refractivity contribution < 1.29 is 9.53 Å². The van der Waals surface area contributed by atoms with Crippen LogP contribution in [-0.2, 0) is 4.79 Å². The number of piperazine rings is 1. The maximum atomic E-state index is 12.7. The van der Waals surface area contributed by atoms with Crippen LogP contribution in [0.5, 0.6) is 5.75 Å². The summed E-state index contributed by atoms with van der Waals surface area (Å²) < 4.78 is 5.79. The molecule has 0 aromatic heterocycles. The third-order valence-corrected chi connectivity index (χ3v) is 5.82. The van der Waals surface area contributed by atoms with Gasteiger partial charge in [0, 0.05) is 50.4 Å². The molecule has 1 heterocycles. The van der Waals surface area contributed by atoms with Crippen LogP contribution >= 0.6 is 0 Å². The van der Waals surface area contributed by atoms with Gasteiger partial charge in [0.05, 0.1) is 12.3 Å². The number of ether oxygens (including phenoxy) is 1. The summed E-state index contributed by atoms with van der Waals surface area (Å²) >= 11 is 0. The van der Waals surface area contributed by atoms with Crippen LogP contribution in [0.4, 0.5) is 11.4 Å². The molecule has 0 bridgehead atoms. The van der Waals surface area contributed by atoms with E-state index in [9.17, 15) is 4.79 Å². The Morgan fingerprint density at radius 1 is 0.875 bits per heavy atom. The third-order valence-electron chi connectivity index (χ3n) is 5.82. The summed E-state index contributed by atoms with van der Waals surface area (Å²) in [4.78, 5) is 17.4. The number of nitrogens with one attached hydrogen (secondary N) is 1. The van der Waals surface area contributed by atoms with E-state index in [0.29, 0.717) is 13.0 Å². The highest BCUT2D eigenvalue weighted by molar-refractivity contribution is 5.95. The maximum absolute atomic E-state index is 12.7. The Kier molecular flexibility index (Phi) is 7.41. The monoisotopic (exact) mass is 429 g/mol. The number of para-hydroxylation sites is 3. The third kappa shape index (κ3) is 5.48. The number of anilines is 2. The molecule has 166 valence electrons. The Morgan fingerprint density at radius 3 is 2.34 bits per heavy atom. The molecule has 1 fully saturated rings. The van der Waals surface area contributed by atoms with E-state index in [1.165, 1.54) is 0 Å². The number of nitrogens with zero attached hydrogens (tertiary/aromatic N) is 2. The number of hydrogen-bond acceptors (Lipinski definition) is 4. The van der Waals surface area contributed by atoms with Gasteiger partial charge in [0.2, 0.25) is 5.91 Å². The highest BCUT2D eigenvalue weighted by atomic mass is 16.5. The molecular weight excluding hydrogens is 398 g/mol. The van der Waals surface area contributed by atoms with E-state index in [-0.39, 0.29) is 5.91 Å². The zero-order chi connectivity index (χ0) is 22.2. The first-order valence-electron chi connectivity index (χ1n) is 11.4. The van der Waals surface area contributed by atoms with Crippen molar-refractivity contribution in [3.05, 3.63) is 78.9 Å². The lowest BCUT2D eigenvalue weighted by molar-refractivity contribution is -0.116. The fourth-order valence-corrected chi connectivity index (χ4v) is 4.14. The van der Waals surface area contributed by atoms with E-state index in [0.717, 1.165) is 61.0 Å². The highest BCUT2D eigenvalue weighted by Crippen LogP contribution is 2.29. The van der Waals surface area contributed by atoms with Crippen molar-refractivity contribution in [3.63, 3.8) is 0 Å². The van der Waals surface area contributed by atoms with Gasteiger partial charge in [0.1, 0.15) is 5.75 Å². The van der Waals surface area contributed by atoms with Crippen molar-refractivity contribution in [2.24, 2.45) is 0 Å². The molecule has 1 amide bonds. The molecule has 0 saturated carbocycles. The lowest BCUT2D eigenvalue weighted by Crippen LogP contribution is -2.47. The van der Waals surface area contributed by atoms with Crippen molar-refractivity contribution >= 4 is 17.3 Å². The molecular formula is C27H31N3O2. The number of rotatable bonds is 8. The lowest BCUT2D eigenvalue weighted by atomic mass is 10.0. The quantitative estimate of drug-likeness (QED) is 0.553. The molecule has 1 aliphatic rings. The highest BCUT2D eigenvalue weighted by Gasteiger charge is 2.20. The van der Waals surface area contributed by atoms with Crippen LogP contribution in [0.3, 0.4) is 0 Å². The first kappa shape index (κ1) is 21.9. The summed E-state index contributed by atoms with van der Waals surface area (Å²) in [5, 5.41) is 3.11. The average molecular weight is 430 g/mol. The van der Waals surface area contributed by atoms with Crippen LogP contribution in [0, 0.1) is 0 Å². The summed E-state index contributed by atoms with van der Waals surface area (Å²) in [7, 11) is 0. The zero-order valence-electron chi connectivity index (χ0n) is 18.7. The van der Waals surface area contributed by atoms with Crippen molar-refractivity contribution in [3.8, 4) is 16.9 Å². The second kappa shape index (κ2) is 10.8. The summed E-state index contributed by atoms with van der Waals surface area (Å²) in [6.45, 7) is 7.19. The van der Waals surface area contributed by atoms with E-state index in [4.69, 9.17) is 4.74 Å². The van der Waals surface area contributed by atoms with E-state index in [1.807, 2.05) is 61.5 Å². The molecule has 3 aromatic carbocycles. The van der Waals surface area contributed by atoms with Crippen LogP contribution in [0.1, 0.15) is 13.3 Å². The number of hydrogen-bond donors (Lipinski definition) is 1. The predicted molar refractivity (Wildman–Crippen MR) is 131 cm³/mol. The average Bonchev–Trinajstić information content (AvgIpc) is 2.85. The van der Waals surface area contributed by atoms with Gasteiger partial charge in [-0.2, -0.15) is 0 Å². The molecule has 4 rings (SSSR count). The van der Waals surface area contributed by atoms with Gasteiger partial charge < -0.3 is 15.0 Å². The summed E-state index contributed by atoms with van der Waals surface area (Å²) in [5.74, 6) is 0.998. The summed E-state index contributed by atoms with van der Waals surface area (Å²) in [5.41, 5.74) is 4.17. The largest absolute Gasteiger partial charge is 0.492 e. The van der Waals surface area contributed by atoms with Crippen molar-refractivity contribution in [1.82, 2.24) is 4.90 Å². The molecule has 5 heteroatoms. The Bertz CT molecular complexity index is 1010. The minimum Gasteiger partial charge on any atom is -0.492 e. The van der Waals surface area contributed by atoms with Gasteiger partial charge in [-0.3, -0.25) is 9.69 Å². The second-order valence-electron chi connectivity index (χ2n) is 7.94. The number of amides is 1. The SMILES string of the molecule is CCOc1ccccc1N1CCN(CCC(=O)Nc2ccccc2-c2ccccc2)CC1. The molecule has 1 N–H and O–H groups in total. The van der Waals surface area contributed by atoms with Gasteiger partial charge in [-0.1, -0.05) is 60.7 Å². The molecule has 1 aliphatic heterocycles.